The molecule has 1 amide bonds. The van der Waals surface area contributed by atoms with Crippen LogP contribution >= 0.6 is 35.6 Å². The van der Waals surface area contributed by atoms with Crippen molar-refractivity contribution in [3.05, 3.63) is 45.5 Å². The minimum atomic E-state index is -1.37. The van der Waals surface area contributed by atoms with Gasteiger partial charge in [-0.2, -0.15) is 0 Å². The predicted molar refractivity (Wildman–Crippen MR) is 96.4 cm³/mol. The lowest BCUT2D eigenvalue weighted by Gasteiger charge is -2.14. The van der Waals surface area contributed by atoms with Crippen LogP contribution in [-0.4, -0.2) is 32.6 Å². The Morgan fingerprint density at radius 1 is 1.50 bits per heavy atom. The van der Waals surface area contributed by atoms with Gasteiger partial charge in [0.25, 0.3) is 5.91 Å². The Kier molecular flexibility index (Phi) is 4.58. The number of benzene rings is 1. The third-order valence-corrected chi connectivity index (χ3v) is 5.16. The fraction of sp³-hybridized carbons (Fsp3) is 0.125. The number of hydrogen-bond acceptors (Lipinski definition) is 6. The molecule has 2 heterocycles. The van der Waals surface area contributed by atoms with Gasteiger partial charge in [-0.1, -0.05) is 53.8 Å². The van der Waals surface area contributed by atoms with Crippen LogP contribution < -0.4 is 5.11 Å². The highest BCUT2D eigenvalue weighted by molar-refractivity contribution is 8.26. The standard InChI is InChI=1S/C16H11ClN2O3S2/c1-8-3-2-4-9-5-10(14(17)18-13(8)9)6-11-15(22)19(7-12(20)21)16(23)24-11/h2-6H,7H2,1H3,(H,20,21)/p-1/b11-6-. The average Bonchev–Trinajstić information content (AvgIpc) is 2.76. The predicted octanol–water partition coefficient (Wildman–Crippen LogP) is 2.15. The normalized spacial score (nSPS) is 16.4. The summed E-state index contributed by atoms with van der Waals surface area (Å²) in [5, 5.41) is 11.9. The molecule has 0 N–H and O–H groups in total. The molecular weight excluding hydrogens is 368 g/mol. The summed E-state index contributed by atoms with van der Waals surface area (Å²) in [5.74, 6) is -1.84. The summed E-state index contributed by atoms with van der Waals surface area (Å²) in [6, 6.07) is 7.60. The number of aromatic nitrogens is 1. The molecule has 2 aromatic rings. The number of fused-ring (bicyclic) bond motifs is 1. The SMILES string of the molecule is Cc1cccc2cc(/C=C3\SC(=S)N(CC(=O)[O-])C3=O)c(Cl)nc12. The van der Waals surface area contributed by atoms with Crippen molar-refractivity contribution in [1.82, 2.24) is 9.88 Å². The first-order valence-corrected chi connectivity index (χ1v) is 8.48. The van der Waals surface area contributed by atoms with Crippen molar-refractivity contribution in [1.29, 1.82) is 0 Å². The Balaban J connectivity index is 2.01. The second kappa shape index (κ2) is 6.51. The topological polar surface area (TPSA) is 73.3 Å². The molecule has 0 unspecified atom stereocenters. The number of thioether (sulfide) groups is 1. The Bertz CT molecular complexity index is 927. The fourth-order valence-electron chi connectivity index (χ4n) is 2.35. The maximum absolute atomic E-state index is 12.3. The number of hydrogen-bond donors (Lipinski definition) is 0. The quantitative estimate of drug-likeness (QED) is 0.463. The van der Waals surface area contributed by atoms with Gasteiger partial charge in [-0.3, -0.25) is 9.69 Å². The van der Waals surface area contributed by atoms with Crippen LogP contribution in [0.5, 0.6) is 0 Å². The minimum absolute atomic E-state index is 0.177. The van der Waals surface area contributed by atoms with E-state index in [0.717, 1.165) is 33.1 Å². The molecule has 0 bridgehead atoms. The Hall–Kier alpha value is -1.96. The average molecular weight is 378 g/mol. The van der Waals surface area contributed by atoms with Crippen molar-refractivity contribution in [2.75, 3.05) is 6.54 Å². The lowest BCUT2D eigenvalue weighted by atomic mass is 10.1. The third-order valence-electron chi connectivity index (χ3n) is 3.48. The zero-order valence-electron chi connectivity index (χ0n) is 12.4. The molecule has 24 heavy (non-hydrogen) atoms. The number of carboxylic acid groups (broad SMARTS) is 1. The highest BCUT2D eigenvalue weighted by Crippen LogP contribution is 2.34. The van der Waals surface area contributed by atoms with Gasteiger partial charge in [0, 0.05) is 10.9 Å². The molecule has 0 radical (unpaired) electrons. The summed E-state index contributed by atoms with van der Waals surface area (Å²) in [5.41, 5.74) is 2.37. The summed E-state index contributed by atoms with van der Waals surface area (Å²) in [6.45, 7) is 1.38. The summed E-state index contributed by atoms with van der Waals surface area (Å²) in [7, 11) is 0. The van der Waals surface area contributed by atoms with E-state index in [-0.39, 0.29) is 9.47 Å². The van der Waals surface area contributed by atoms with Gasteiger partial charge in [0.05, 0.1) is 22.9 Å². The highest BCUT2D eigenvalue weighted by Gasteiger charge is 2.32. The zero-order valence-corrected chi connectivity index (χ0v) is 14.8. The molecule has 1 fully saturated rings. The smallest absolute Gasteiger partial charge is 0.266 e. The molecule has 1 aliphatic rings. The van der Waals surface area contributed by atoms with Gasteiger partial charge in [0.1, 0.15) is 9.47 Å². The molecular formula is C16H10ClN2O3S2-. The van der Waals surface area contributed by atoms with Crippen molar-refractivity contribution in [3.8, 4) is 0 Å². The first-order chi connectivity index (χ1) is 11.4. The Labute approximate surface area is 152 Å². The van der Waals surface area contributed by atoms with Crippen LogP contribution in [0.15, 0.2) is 29.2 Å². The van der Waals surface area contributed by atoms with Gasteiger partial charge >= 0.3 is 0 Å². The first-order valence-electron chi connectivity index (χ1n) is 6.88. The van der Waals surface area contributed by atoms with E-state index in [4.69, 9.17) is 23.8 Å². The lowest BCUT2D eigenvalue weighted by molar-refractivity contribution is -0.305. The first kappa shape index (κ1) is 16.9. The number of pyridine rings is 1. The van der Waals surface area contributed by atoms with Crippen LogP contribution in [0.25, 0.3) is 17.0 Å². The molecule has 1 saturated heterocycles. The lowest BCUT2D eigenvalue weighted by Crippen LogP contribution is -2.40. The zero-order chi connectivity index (χ0) is 17.4. The Morgan fingerprint density at radius 3 is 2.96 bits per heavy atom. The van der Waals surface area contributed by atoms with E-state index in [1.807, 2.05) is 31.2 Å². The van der Waals surface area contributed by atoms with Crippen molar-refractivity contribution >= 4 is 68.8 Å². The molecule has 0 spiro atoms. The monoisotopic (exact) mass is 377 g/mol. The van der Waals surface area contributed by atoms with Crippen LogP contribution in [0, 0.1) is 6.92 Å². The highest BCUT2D eigenvalue weighted by atomic mass is 35.5. The second-order valence-corrected chi connectivity index (χ2v) is 7.19. The number of nitrogens with zero attached hydrogens (tertiary/aromatic N) is 2. The van der Waals surface area contributed by atoms with E-state index in [1.165, 1.54) is 0 Å². The number of carboxylic acids is 1. The molecule has 1 aliphatic heterocycles. The summed E-state index contributed by atoms with van der Waals surface area (Å²) in [4.78, 5) is 28.7. The largest absolute Gasteiger partial charge is 0.548 e. The van der Waals surface area contributed by atoms with E-state index in [9.17, 15) is 14.7 Å². The minimum Gasteiger partial charge on any atom is -0.548 e. The molecule has 8 heteroatoms. The van der Waals surface area contributed by atoms with Crippen LogP contribution in [0.3, 0.4) is 0 Å². The van der Waals surface area contributed by atoms with Gasteiger partial charge in [0.2, 0.25) is 0 Å². The number of carbonyl (C=O) groups excluding carboxylic acids is 2. The van der Waals surface area contributed by atoms with Crippen molar-refractivity contribution in [3.63, 3.8) is 0 Å². The molecule has 3 rings (SSSR count). The summed E-state index contributed by atoms with van der Waals surface area (Å²) < 4.78 is 0.177. The van der Waals surface area contributed by atoms with E-state index in [0.29, 0.717) is 10.5 Å². The maximum atomic E-state index is 12.3. The number of rotatable bonds is 3. The third kappa shape index (κ3) is 3.15. The second-order valence-electron chi connectivity index (χ2n) is 5.15. The Morgan fingerprint density at radius 2 is 2.25 bits per heavy atom. The summed E-state index contributed by atoms with van der Waals surface area (Å²) in [6.07, 6.45) is 1.58. The molecule has 5 nitrogen and oxygen atoms in total. The summed E-state index contributed by atoms with van der Waals surface area (Å²) >= 11 is 12.3. The van der Waals surface area contributed by atoms with Gasteiger partial charge in [-0.05, 0) is 24.6 Å². The van der Waals surface area contributed by atoms with Gasteiger partial charge in [-0.25, -0.2) is 4.98 Å². The number of thiocarbonyl (C=S) groups is 1. The van der Waals surface area contributed by atoms with Crippen LogP contribution in [0.1, 0.15) is 11.1 Å². The van der Waals surface area contributed by atoms with E-state index < -0.39 is 18.4 Å². The molecule has 0 aliphatic carbocycles. The van der Waals surface area contributed by atoms with Crippen molar-refractivity contribution in [2.24, 2.45) is 0 Å². The maximum Gasteiger partial charge on any atom is 0.266 e. The number of para-hydroxylation sites is 1. The van der Waals surface area contributed by atoms with Gasteiger partial charge in [-0.15, -0.1) is 0 Å². The van der Waals surface area contributed by atoms with Crippen LogP contribution in [0.2, 0.25) is 5.15 Å². The van der Waals surface area contributed by atoms with E-state index >= 15 is 0 Å². The van der Waals surface area contributed by atoms with Crippen LogP contribution in [-0.2, 0) is 9.59 Å². The number of amides is 1. The number of halogens is 1. The fourth-order valence-corrected chi connectivity index (χ4v) is 3.79. The van der Waals surface area contributed by atoms with Crippen LogP contribution in [0.4, 0.5) is 0 Å². The molecule has 1 aromatic carbocycles. The molecule has 1 aromatic heterocycles. The van der Waals surface area contributed by atoms with Gasteiger partial charge < -0.3 is 9.90 Å². The van der Waals surface area contributed by atoms with Gasteiger partial charge in [0.15, 0.2) is 0 Å². The van der Waals surface area contributed by atoms with Crippen molar-refractivity contribution < 1.29 is 14.7 Å². The van der Waals surface area contributed by atoms with E-state index in [2.05, 4.69) is 4.98 Å². The number of carbonyl (C=O) groups is 2. The molecule has 0 atom stereocenters. The van der Waals surface area contributed by atoms with E-state index in [1.54, 1.807) is 6.08 Å². The van der Waals surface area contributed by atoms with Crippen molar-refractivity contribution in [2.45, 2.75) is 6.92 Å². The number of aryl methyl sites for hydroxylation is 1. The number of aliphatic carboxylic acids is 1. The molecule has 122 valence electrons. The molecule has 0 saturated carbocycles.